The Hall–Kier alpha value is -2.06. The van der Waals surface area contributed by atoms with E-state index < -0.39 is 23.8 Å². The van der Waals surface area contributed by atoms with Crippen LogP contribution in [0.5, 0.6) is 0 Å². The summed E-state index contributed by atoms with van der Waals surface area (Å²) in [6.07, 6.45) is -1.01. The van der Waals surface area contributed by atoms with Crippen molar-refractivity contribution < 1.29 is 18.0 Å². The van der Waals surface area contributed by atoms with E-state index in [0.717, 1.165) is 17.7 Å². The van der Waals surface area contributed by atoms with Crippen LogP contribution in [0, 0.1) is 0 Å². The molecule has 0 saturated heterocycles. The molecule has 0 bridgehead atoms. The number of alkyl halides is 3. The van der Waals surface area contributed by atoms with Crippen molar-refractivity contribution in [1.29, 1.82) is 0 Å². The second-order valence-electron chi connectivity index (χ2n) is 6.48. The lowest BCUT2D eigenvalue weighted by molar-refractivity contribution is -0.141. The molecule has 1 aliphatic carbocycles. The number of nitrogens with two attached hydrogens (primary N) is 1. The van der Waals surface area contributed by atoms with Crippen LogP contribution in [0.1, 0.15) is 42.6 Å². The fourth-order valence-electron chi connectivity index (χ4n) is 3.25. The first-order valence-corrected chi connectivity index (χ1v) is 9.45. The number of carbonyl (C=O) groups excluding carboxylic acids is 1. The summed E-state index contributed by atoms with van der Waals surface area (Å²) in [4.78, 5) is 20.8. The van der Waals surface area contributed by atoms with Crippen LogP contribution in [-0.4, -0.2) is 16.0 Å². The molecule has 1 aromatic carbocycles. The van der Waals surface area contributed by atoms with Crippen molar-refractivity contribution in [3.63, 3.8) is 0 Å². The highest BCUT2D eigenvalue weighted by atomic mass is 35.5. The van der Waals surface area contributed by atoms with Crippen molar-refractivity contribution in [1.82, 2.24) is 9.97 Å². The second-order valence-corrected chi connectivity index (χ2v) is 7.32. The van der Waals surface area contributed by atoms with Crippen LogP contribution in [0.3, 0.4) is 0 Å². The van der Waals surface area contributed by atoms with Crippen LogP contribution in [0.2, 0.25) is 10.0 Å². The highest BCUT2D eigenvalue weighted by Gasteiger charge is 2.38. The van der Waals surface area contributed by atoms with Gasteiger partial charge in [-0.15, -0.1) is 0 Å². The van der Waals surface area contributed by atoms with Crippen molar-refractivity contribution in [2.75, 3.05) is 4.90 Å². The predicted molar refractivity (Wildman–Crippen MR) is 101 cm³/mol. The fraction of sp³-hybridized carbons (Fsp3) is 0.389. The zero-order valence-electron chi connectivity index (χ0n) is 14.7. The Morgan fingerprint density at radius 3 is 2.39 bits per heavy atom. The summed E-state index contributed by atoms with van der Waals surface area (Å²) in [7, 11) is 0. The SMILES string of the molecule is NC(=O)N(c1nc2c(c(C(F)(F)F)n1)CCCCCC2)c1cc(Cl)ccc1Cl. The normalized spacial score (nSPS) is 14.8. The molecule has 2 amide bonds. The Kier molecular flexibility index (Phi) is 6.00. The van der Waals surface area contributed by atoms with Gasteiger partial charge in [0.1, 0.15) is 0 Å². The average molecular weight is 433 g/mol. The molecule has 28 heavy (non-hydrogen) atoms. The number of benzene rings is 1. The van der Waals surface area contributed by atoms with Gasteiger partial charge in [0.05, 0.1) is 10.7 Å². The molecule has 0 unspecified atom stereocenters. The van der Waals surface area contributed by atoms with E-state index in [1.165, 1.54) is 18.2 Å². The fourth-order valence-corrected chi connectivity index (χ4v) is 3.62. The number of rotatable bonds is 2. The Morgan fingerprint density at radius 1 is 1.07 bits per heavy atom. The number of carbonyl (C=O) groups is 1. The number of amides is 2. The molecule has 10 heteroatoms. The smallest absolute Gasteiger partial charge is 0.351 e. The molecule has 0 radical (unpaired) electrons. The predicted octanol–water partition coefficient (Wildman–Crippen LogP) is 5.68. The molecular formula is C18H17Cl2F3N4O. The standard InChI is InChI=1S/C18H17Cl2F3N4O/c19-10-7-8-12(20)14(9-10)27(16(24)28)17-25-13-6-4-2-1-3-5-11(13)15(26-17)18(21,22)23/h7-9H,1-6H2,(H2,24,28). The van der Waals surface area contributed by atoms with E-state index >= 15 is 0 Å². The number of primary amides is 1. The van der Waals surface area contributed by atoms with Crippen LogP contribution >= 0.6 is 23.2 Å². The monoisotopic (exact) mass is 432 g/mol. The molecule has 2 aromatic rings. The third-order valence-electron chi connectivity index (χ3n) is 4.51. The number of nitrogens with zero attached hydrogens (tertiary/aromatic N) is 3. The molecule has 2 N–H and O–H groups in total. The second kappa shape index (κ2) is 8.13. The Morgan fingerprint density at radius 2 is 1.75 bits per heavy atom. The minimum Gasteiger partial charge on any atom is -0.351 e. The molecular weight excluding hydrogens is 416 g/mol. The van der Waals surface area contributed by atoms with Gasteiger partial charge in [-0.25, -0.2) is 19.7 Å². The lowest BCUT2D eigenvalue weighted by Gasteiger charge is -2.24. The van der Waals surface area contributed by atoms with E-state index in [1.807, 2.05) is 0 Å². The number of aryl methyl sites for hydroxylation is 1. The number of halogens is 5. The summed E-state index contributed by atoms with van der Waals surface area (Å²) >= 11 is 12.1. The van der Waals surface area contributed by atoms with Crippen molar-refractivity contribution in [3.05, 3.63) is 45.2 Å². The highest BCUT2D eigenvalue weighted by molar-refractivity contribution is 6.36. The first kappa shape index (κ1) is 20.7. The van der Waals surface area contributed by atoms with Crippen LogP contribution in [0.25, 0.3) is 0 Å². The Labute approximate surface area is 169 Å². The molecule has 0 fully saturated rings. The molecule has 0 spiro atoms. The summed E-state index contributed by atoms with van der Waals surface area (Å²) in [6.45, 7) is 0. The summed E-state index contributed by atoms with van der Waals surface area (Å²) in [5.41, 5.74) is 4.77. The van der Waals surface area contributed by atoms with Gasteiger partial charge in [-0.3, -0.25) is 0 Å². The van der Waals surface area contributed by atoms with E-state index in [2.05, 4.69) is 9.97 Å². The van der Waals surface area contributed by atoms with Crippen LogP contribution in [-0.2, 0) is 19.0 Å². The van der Waals surface area contributed by atoms with Crippen LogP contribution in [0.15, 0.2) is 18.2 Å². The molecule has 3 rings (SSSR count). The quantitative estimate of drug-likeness (QED) is 0.663. The zero-order valence-corrected chi connectivity index (χ0v) is 16.2. The lowest BCUT2D eigenvalue weighted by atomic mass is 9.95. The average Bonchev–Trinajstić information content (AvgIpc) is 2.57. The van der Waals surface area contributed by atoms with Crippen molar-refractivity contribution in [2.45, 2.75) is 44.7 Å². The maximum atomic E-state index is 13.7. The third kappa shape index (κ3) is 4.33. The molecule has 1 aliphatic rings. The van der Waals surface area contributed by atoms with Gasteiger partial charge in [-0.2, -0.15) is 13.2 Å². The zero-order chi connectivity index (χ0) is 20.5. The van der Waals surface area contributed by atoms with Gasteiger partial charge in [0, 0.05) is 16.3 Å². The van der Waals surface area contributed by atoms with Gasteiger partial charge < -0.3 is 5.73 Å². The third-order valence-corrected chi connectivity index (χ3v) is 5.06. The largest absolute Gasteiger partial charge is 0.433 e. The van der Waals surface area contributed by atoms with E-state index in [-0.39, 0.29) is 33.4 Å². The highest BCUT2D eigenvalue weighted by Crippen LogP contribution is 2.38. The lowest BCUT2D eigenvalue weighted by Crippen LogP contribution is -2.34. The van der Waals surface area contributed by atoms with Gasteiger partial charge in [0.25, 0.3) is 0 Å². The molecule has 1 aromatic heterocycles. The minimum absolute atomic E-state index is 0.0144. The summed E-state index contributed by atoms with van der Waals surface area (Å²) in [5.74, 6) is -0.469. The van der Waals surface area contributed by atoms with Gasteiger partial charge in [-0.1, -0.05) is 36.0 Å². The van der Waals surface area contributed by atoms with Crippen LogP contribution in [0.4, 0.5) is 29.6 Å². The number of anilines is 2. The van der Waals surface area contributed by atoms with Gasteiger partial charge >= 0.3 is 12.2 Å². The van der Waals surface area contributed by atoms with E-state index in [4.69, 9.17) is 28.9 Å². The topological polar surface area (TPSA) is 72.1 Å². The number of aromatic nitrogens is 2. The van der Waals surface area contributed by atoms with Gasteiger partial charge in [0.2, 0.25) is 5.95 Å². The van der Waals surface area contributed by atoms with E-state index in [1.54, 1.807) is 0 Å². The summed E-state index contributed by atoms with van der Waals surface area (Å²) < 4.78 is 41.2. The van der Waals surface area contributed by atoms with E-state index in [9.17, 15) is 18.0 Å². The maximum absolute atomic E-state index is 13.7. The van der Waals surface area contributed by atoms with Crippen molar-refractivity contribution >= 4 is 40.9 Å². The van der Waals surface area contributed by atoms with Crippen LogP contribution < -0.4 is 10.6 Å². The first-order chi connectivity index (χ1) is 13.2. The number of hydrogen-bond donors (Lipinski definition) is 1. The number of hydrogen-bond acceptors (Lipinski definition) is 3. The first-order valence-electron chi connectivity index (χ1n) is 8.70. The molecule has 1 heterocycles. The Bertz CT molecular complexity index is 905. The number of fused-ring (bicyclic) bond motifs is 1. The molecule has 0 saturated carbocycles. The molecule has 0 aliphatic heterocycles. The van der Waals surface area contributed by atoms with Gasteiger partial charge in [0.15, 0.2) is 5.69 Å². The molecule has 0 atom stereocenters. The molecule has 150 valence electrons. The van der Waals surface area contributed by atoms with Crippen molar-refractivity contribution in [2.24, 2.45) is 5.73 Å². The molecule has 5 nitrogen and oxygen atoms in total. The van der Waals surface area contributed by atoms with E-state index in [0.29, 0.717) is 19.3 Å². The number of urea groups is 1. The summed E-state index contributed by atoms with van der Waals surface area (Å²) in [6, 6.07) is 3.15. The van der Waals surface area contributed by atoms with Crippen molar-refractivity contribution in [3.8, 4) is 0 Å². The summed E-state index contributed by atoms with van der Waals surface area (Å²) in [5, 5.41) is 0.306. The van der Waals surface area contributed by atoms with Gasteiger partial charge in [-0.05, 0) is 43.9 Å². The minimum atomic E-state index is -4.69. The Balaban J connectivity index is 2.22. The maximum Gasteiger partial charge on any atom is 0.433 e.